The van der Waals surface area contributed by atoms with E-state index in [1.807, 2.05) is 52.0 Å². The van der Waals surface area contributed by atoms with E-state index in [9.17, 15) is 18.0 Å². The van der Waals surface area contributed by atoms with Crippen LogP contribution in [-0.4, -0.2) is 50.4 Å². The molecule has 0 aliphatic carbocycles. The molecule has 1 N–H and O–H groups in total. The predicted octanol–water partition coefficient (Wildman–Crippen LogP) is 4.92. The number of ether oxygens (including phenoxy) is 1. The molecule has 0 aliphatic rings. The second kappa shape index (κ2) is 14.0. The topological polar surface area (TPSA) is 96.0 Å². The summed E-state index contributed by atoms with van der Waals surface area (Å²) in [6, 6.07) is 21.5. The average molecular weight is 566 g/mol. The fourth-order valence-electron chi connectivity index (χ4n) is 4.48. The molecule has 0 fully saturated rings. The molecular formula is C31H39N3O5S. The Labute approximate surface area is 238 Å². The zero-order valence-corrected chi connectivity index (χ0v) is 24.6. The summed E-state index contributed by atoms with van der Waals surface area (Å²) in [5, 5.41) is 2.91. The number of carbonyl (C=O) groups is 2. The van der Waals surface area contributed by atoms with E-state index in [1.54, 1.807) is 49.4 Å². The van der Waals surface area contributed by atoms with Crippen LogP contribution in [-0.2, 0) is 26.2 Å². The Morgan fingerprint density at radius 2 is 1.60 bits per heavy atom. The van der Waals surface area contributed by atoms with Crippen molar-refractivity contribution in [3.05, 3.63) is 90.0 Å². The highest BCUT2D eigenvalue weighted by Crippen LogP contribution is 2.33. The van der Waals surface area contributed by atoms with Crippen molar-refractivity contribution in [2.24, 2.45) is 0 Å². The van der Waals surface area contributed by atoms with Gasteiger partial charge in [0, 0.05) is 12.6 Å². The van der Waals surface area contributed by atoms with Gasteiger partial charge in [0.1, 0.15) is 18.3 Å². The summed E-state index contributed by atoms with van der Waals surface area (Å²) < 4.78 is 34.8. The van der Waals surface area contributed by atoms with E-state index in [4.69, 9.17) is 4.74 Å². The summed E-state index contributed by atoms with van der Waals surface area (Å²) in [6.45, 7) is 9.26. The van der Waals surface area contributed by atoms with E-state index in [0.29, 0.717) is 18.8 Å². The fraction of sp³-hybridized carbons (Fsp3) is 0.355. The third-order valence-corrected chi connectivity index (χ3v) is 8.07. The number of hydrogen-bond acceptors (Lipinski definition) is 5. The van der Waals surface area contributed by atoms with E-state index >= 15 is 0 Å². The number of benzene rings is 3. The summed E-state index contributed by atoms with van der Waals surface area (Å²) >= 11 is 0. The van der Waals surface area contributed by atoms with Crippen molar-refractivity contribution in [1.82, 2.24) is 10.2 Å². The van der Waals surface area contributed by atoms with Crippen LogP contribution < -0.4 is 14.4 Å². The molecule has 0 unspecified atom stereocenters. The first kappa shape index (κ1) is 30.7. The van der Waals surface area contributed by atoms with Crippen LogP contribution in [0.3, 0.4) is 0 Å². The molecule has 0 bridgehead atoms. The van der Waals surface area contributed by atoms with Gasteiger partial charge in [0.05, 0.1) is 17.2 Å². The lowest BCUT2D eigenvalue weighted by Crippen LogP contribution is -2.53. The smallest absolute Gasteiger partial charge is 0.264 e. The van der Waals surface area contributed by atoms with Gasteiger partial charge in [-0.15, -0.1) is 0 Å². The number of anilines is 1. The second-order valence-electron chi connectivity index (χ2n) is 9.82. The van der Waals surface area contributed by atoms with Crippen molar-refractivity contribution in [3.63, 3.8) is 0 Å². The van der Waals surface area contributed by atoms with Crippen molar-refractivity contribution in [2.75, 3.05) is 17.5 Å². The van der Waals surface area contributed by atoms with Crippen LogP contribution in [0.1, 0.15) is 45.2 Å². The van der Waals surface area contributed by atoms with Gasteiger partial charge in [0.25, 0.3) is 10.0 Å². The number of para-hydroxylation sites is 2. The second-order valence-corrected chi connectivity index (χ2v) is 11.7. The number of aryl methyl sites for hydroxylation is 1. The summed E-state index contributed by atoms with van der Waals surface area (Å²) in [4.78, 5) is 28.9. The maximum Gasteiger partial charge on any atom is 0.264 e. The summed E-state index contributed by atoms with van der Waals surface area (Å²) in [5.74, 6) is -0.448. The minimum absolute atomic E-state index is 0.0453. The number of amides is 2. The third kappa shape index (κ3) is 7.63. The highest BCUT2D eigenvalue weighted by Gasteiger charge is 2.34. The molecule has 3 aromatic carbocycles. The molecule has 0 radical (unpaired) electrons. The minimum Gasteiger partial charge on any atom is -0.492 e. The maximum atomic E-state index is 14.2. The molecule has 3 aromatic rings. The largest absolute Gasteiger partial charge is 0.492 e. The minimum atomic E-state index is -4.17. The van der Waals surface area contributed by atoms with Gasteiger partial charge in [0.2, 0.25) is 11.8 Å². The number of sulfonamides is 1. The van der Waals surface area contributed by atoms with Crippen LogP contribution in [0.5, 0.6) is 5.75 Å². The van der Waals surface area contributed by atoms with Crippen molar-refractivity contribution in [2.45, 2.75) is 64.6 Å². The molecular weight excluding hydrogens is 526 g/mol. The van der Waals surface area contributed by atoms with E-state index in [2.05, 4.69) is 5.32 Å². The van der Waals surface area contributed by atoms with E-state index in [0.717, 1.165) is 15.4 Å². The molecule has 0 spiro atoms. The highest BCUT2D eigenvalue weighted by atomic mass is 32.2. The number of hydrogen-bond donors (Lipinski definition) is 1. The van der Waals surface area contributed by atoms with Crippen molar-refractivity contribution < 1.29 is 22.7 Å². The maximum absolute atomic E-state index is 14.2. The first-order chi connectivity index (χ1) is 19.1. The standard InChI is InChI=1S/C31H39N3O5S/c1-6-27(31(36)32-23(3)4)33(21-25-15-13-14-24(5)20-25)30(35)22-34(28-18-11-12-19-29(28)39-7-2)40(37,38)26-16-9-8-10-17-26/h8-20,23,27H,6-7,21-22H2,1-5H3,(H,32,36)/t27-/m1/s1. The van der Waals surface area contributed by atoms with Gasteiger partial charge in [-0.05, 0) is 63.9 Å². The van der Waals surface area contributed by atoms with E-state index in [1.165, 1.54) is 17.0 Å². The molecule has 3 rings (SSSR count). The Hall–Kier alpha value is -3.85. The van der Waals surface area contributed by atoms with Crippen LogP contribution in [0.2, 0.25) is 0 Å². The van der Waals surface area contributed by atoms with Gasteiger partial charge in [-0.3, -0.25) is 13.9 Å². The molecule has 40 heavy (non-hydrogen) atoms. The Morgan fingerprint density at radius 3 is 2.23 bits per heavy atom. The first-order valence-electron chi connectivity index (χ1n) is 13.5. The fourth-order valence-corrected chi connectivity index (χ4v) is 5.93. The Kier molecular flexibility index (Phi) is 10.7. The lowest BCUT2D eigenvalue weighted by Gasteiger charge is -2.34. The molecule has 2 amide bonds. The Balaban J connectivity index is 2.10. The van der Waals surface area contributed by atoms with Gasteiger partial charge >= 0.3 is 0 Å². The third-order valence-electron chi connectivity index (χ3n) is 6.30. The SMILES string of the molecule is CCOc1ccccc1N(CC(=O)N(Cc1cccc(C)c1)[C@H](CC)C(=O)NC(C)C)S(=O)(=O)c1ccccc1. The lowest BCUT2D eigenvalue weighted by molar-refractivity contribution is -0.140. The molecule has 0 saturated heterocycles. The van der Waals surface area contributed by atoms with Crippen molar-refractivity contribution in [3.8, 4) is 5.75 Å². The van der Waals surface area contributed by atoms with E-state index < -0.39 is 28.5 Å². The molecule has 1 atom stereocenters. The van der Waals surface area contributed by atoms with Gasteiger partial charge < -0.3 is 15.0 Å². The summed E-state index contributed by atoms with van der Waals surface area (Å²) in [5.41, 5.74) is 2.11. The monoisotopic (exact) mass is 565 g/mol. The van der Waals surface area contributed by atoms with Crippen LogP contribution in [0.4, 0.5) is 5.69 Å². The predicted molar refractivity (Wildman–Crippen MR) is 158 cm³/mol. The number of nitrogens with one attached hydrogen (secondary N) is 1. The molecule has 0 aromatic heterocycles. The zero-order valence-electron chi connectivity index (χ0n) is 23.8. The lowest BCUT2D eigenvalue weighted by atomic mass is 10.1. The Bertz CT molecular complexity index is 1390. The molecule has 214 valence electrons. The van der Waals surface area contributed by atoms with E-state index in [-0.39, 0.29) is 29.1 Å². The molecule has 0 saturated carbocycles. The molecule has 0 aliphatic heterocycles. The van der Waals surface area contributed by atoms with Crippen molar-refractivity contribution >= 4 is 27.5 Å². The van der Waals surface area contributed by atoms with Crippen LogP contribution in [0.25, 0.3) is 0 Å². The molecule has 8 nitrogen and oxygen atoms in total. The van der Waals surface area contributed by atoms with Gasteiger partial charge in [-0.2, -0.15) is 0 Å². The highest BCUT2D eigenvalue weighted by molar-refractivity contribution is 7.92. The zero-order chi connectivity index (χ0) is 29.3. The molecule has 0 heterocycles. The summed E-state index contributed by atoms with van der Waals surface area (Å²) in [6.07, 6.45) is 0.358. The number of rotatable bonds is 13. The van der Waals surface area contributed by atoms with Gasteiger partial charge in [0.15, 0.2) is 0 Å². The quantitative estimate of drug-likeness (QED) is 0.317. The summed E-state index contributed by atoms with van der Waals surface area (Å²) in [7, 11) is -4.17. The average Bonchev–Trinajstić information content (AvgIpc) is 2.92. The number of carbonyl (C=O) groups excluding carboxylic acids is 2. The van der Waals surface area contributed by atoms with Crippen LogP contribution in [0, 0.1) is 6.92 Å². The van der Waals surface area contributed by atoms with Crippen LogP contribution >= 0.6 is 0 Å². The number of nitrogens with zero attached hydrogens (tertiary/aromatic N) is 2. The van der Waals surface area contributed by atoms with Gasteiger partial charge in [-0.1, -0.05) is 67.1 Å². The normalized spacial score (nSPS) is 12.1. The van der Waals surface area contributed by atoms with Crippen LogP contribution in [0.15, 0.2) is 83.8 Å². The Morgan fingerprint density at radius 1 is 0.925 bits per heavy atom. The van der Waals surface area contributed by atoms with Crippen molar-refractivity contribution in [1.29, 1.82) is 0 Å². The van der Waals surface area contributed by atoms with Gasteiger partial charge in [-0.25, -0.2) is 8.42 Å². The first-order valence-corrected chi connectivity index (χ1v) is 15.0. The molecule has 9 heteroatoms.